The van der Waals surface area contributed by atoms with Crippen LogP contribution in [0.4, 0.5) is 0 Å². The average molecular weight is 275 g/mol. The molecule has 0 aliphatic carbocycles. The molecule has 0 aromatic heterocycles. The van der Waals surface area contributed by atoms with E-state index >= 15 is 0 Å². The molecule has 0 saturated heterocycles. The molecule has 4 nitrogen and oxygen atoms in total. The van der Waals surface area contributed by atoms with E-state index in [9.17, 15) is 0 Å². The highest BCUT2D eigenvalue weighted by Gasteiger charge is 2.07. The number of rotatable bonds is 14. The summed E-state index contributed by atoms with van der Waals surface area (Å²) < 4.78 is 5.55. The Morgan fingerprint density at radius 3 is 2.47 bits per heavy atom. The first-order chi connectivity index (χ1) is 9.24. The van der Waals surface area contributed by atoms with Gasteiger partial charge in [0.05, 0.1) is 26.4 Å². The molecule has 0 bridgehead atoms. The fourth-order valence-corrected chi connectivity index (χ4v) is 2.04. The minimum absolute atomic E-state index is 0.0286. The third kappa shape index (κ3) is 12.6. The Hall–Kier alpha value is -0.160. The maximum atomic E-state index is 9.03. The second kappa shape index (κ2) is 14.3. The molecule has 0 amide bonds. The van der Waals surface area contributed by atoms with Crippen molar-refractivity contribution in [1.82, 2.24) is 5.48 Å². The highest BCUT2D eigenvalue weighted by molar-refractivity contribution is 4.59. The molecule has 0 aliphatic rings. The van der Waals surface area contributed by atoms with Crippen molar-refractivity contribution >= 4 is 0 Å². The number of unbranched alkanes of at least 4 members (excludes halogenated alkanes) is 4. The van der Waals surface area contributed by atoms with Gasteiger partial charge in [0.15, 0.2) is 0 Å². The van der Waals surface area contributed by atoms with Crippen LogP contribution in [0.25, 0.3) is 0 Å². The molecule has 0 heterocycles. The quantitative estimate of drug-likeness (QED) is 0.378. The lowest BCUT2D eigenvalue weighted by Gasteiger charge is -2.16. The maximum Gasteiger partial charge on any atom is 0.0786 e. The third-order valence-corrected chi connectivity index (χ3v) is 3.38. The average Bonchev–Trinajstić information content (AvgIpc) is 2.42. The third-order valence-electron chi connectivity index (χ3n) is 3.38. The first-order valence-electron chi connectivity index (χ1n) is 7.71. The van der Waals surface area contributed by atoms with Crippen LogP contribution in [-0.2, 0) is 9.57 Å². The molecule has 4 heteroatoms. The molecule has 2 atom stereocenters. The number of aliphatic hydroxyl groups is 1. The van der Waals surface area contributed by atoms with Crippen LogP contribution in [0.5, 0.6) is 0 Å². The molecule has 0 saturated carbocycles. The standard InChI is InChI=1S/C15H33NO3/c1-4-5-6-7-8-9-14(2)10-11-19-13-15(12-17)16-18-3/h14-17H,4-13H2,1-3H3/t14-,15+/m1/s1. The van der Waals surface area contributed by atoms with Crippen LogP contribution in [0.15, 0.2) is 0 Å². The second-order valence-corrected chi connectivity index (χ2v) is 5.37. The molecule has 0 aromatic carbocycles. The van der Waals surface area contributed by atoms with Gasteiger partial charge in [-0.2, -0.15) is 5.48 Å². The summed E-state index contributed by atoms with van der Waals surface area (Å²) in [7, 11) is 1.54. The summed E-state index contributed by atoms with van der Waals surface area (Å²) in [6.07, 6.45) is 9.15. The molecular formula is C15H33NO3. The Labute approximate surface area is 118 Å². The predicted molar refractivity (Wildman–Crippen MR) is 79.0 cm³/mol. The van der Waals surface area contributed by atoms with Gasteiger partial charge < -0.3 is 14.7 Å². The van der Waals surface area contributed by atoms with Gasteiger partial charge in [-0.05, 0) is 12.3 Å². The summed E-state index contributed by atoms with van der Waals surface area (Å²) in [5.41, 5.74) is 2.70. The molecule has 0 aromatic rings. The Balaban J connectivity index is 3.34. The van der Waals surface area contributed by atoms with Crippen LogP contribution in [0, 0.1) is 5.92 Å². The minimum atomic E-state index is -0.130. The zero-order chi connectivity index (χ0) is 14.3. The first kappa shape index (κ1) is 18.8. The van der Waals surface area contributed by atoms with Crippen LogP contribution in [0.3, 0.4) is 0 Å². The van der Waals surface area contributed by atoms with Crippen molar-refractivity contribution in [2.24, 2.45) is 5.92 Å². The molecule has 0 radical (unpaired) electrons. The Morgan fingerprint density at radius 2 is 1.84 bits per heavy atom. The van der Waals surface area contributed by atoms with Crippen LogP contribution in [-0.4, -0.2) is 38.1 Å². The fraction of sp³-hybridized carbons (Fsp3) is 1.00. The summed E-state index contributed by atoms with van der Waals surface area (Å²) in [6, 6.07) is -0.130. The van der Waals surface area contributed by atoms with Crippen LogP contribution >= 0.6 is 0 Å². The molecule has 0 unspecified atom stereocenters. The Bertz CT molecular complexity index is 179. The summed E-state index contributed by atoms with van der Waals surface area (Å²) in [5.74, 6) is 0.726. The van der Waals surface area contributed by atoms with Crippen LogP contribution in [0.1, 0.15) is 58.8 Å². The highest BCUT2D eigenvalue weighted by Crippen LogP contribution is 2.14. The summed E-state index contributed by atoms with van der Waals surface area (Å²) in [4.78, 5) is 4.77. The molecule has 2 N–H and O–H groups in total. The van der Waals surface area contributed by atoms with E-state index < -0.39 is 0 Å². The van der Waals surface area contributed by atoms with E-state index in [1.807, 2.05) is 0 Å². The lowest BCUT2D eigenvalue weighted by atomic mass is 9.99. The molecule has 116 valence electrons. The SMILES string of the molecule is CCCCCCC[C@@H](C)CCOC[C@H](CO)NOC. The predicted octanol–water partition coefficient (Wildman–Crippen LogP) is 2.90. The number of hydrogen-bond acceptors (Lipinski definition) is 4. The number of ether oxygens (including phenoxy) is 1. The zero-order valence-electron chi connectivity index (χ0n) is 13.0. The second-order valence-electron chi connectivity index (χ2n) is 5.37. The van der Waals surface area contributed by atoms with Crippen molar-refractivity contribution in [2.45, 2.75) is 64.8 Å². The van der Waals surface area contributed by atoms with E-state index in [1.165, 1.54) is 38.5 Å². The lowest BCUT2D eigenvalue weighted by Crippen LogP contribution is -2.36. The van der Waals surface area contributed by atoms with E-state index in [-0.39, 0.29) is 12.6 Å². The molecule has 0 spiro atoms. The van der Waals surface area contributed by atoms with Gasteiger partial charge in [-0.25, -0.2) is 0 Å². The van der Waals surface area contributed by atoms with Gasteiger partial charge in [-0.3, -0.25) is 0 Å². The molecule has 0 rings (SSSR count). The maximum absolute atomic E-state index is 9.03. The number of nitrogens with one attached hydrogen (secondary N) is 1. The van der Waals surface area contributed by atoms with E-state index in [2.05, 4.69) is 19.3 Å². The van der Waals surface area contributed by atoms with Crippen molar-refractivity contribution in [3.63, 3.8) is 0 Å². The van der Waals surface area contributed by atoms with Crippen molar-refractivity contribution in [3.05, 3.63) is 0 Å². The van der Waals surface area contributed by atoms with Crippen molar-refractivity contribution in [3.8, 4) is 0 Å². The Kier molecular flexibility index (Phi) is 14.1. The van der Waals surface area contributed by atoms with Gasteiger partial charge in [-0.15, -0.1) is 0 Å². The molecule has 0 aliphatic heterocycles. The fourth-order valence-electron chi connectivity index (χ4n) is 2.04. The van der Waals surface area contributed by atoms with Crippen LogP contribution < -0.4 is 5.48 Å². The summed E-state index contributed by atoms with van der Waals surface area (Å²) in [6.45, 7) is 5.82. The van der Waals surface area contributed by atoms with Crippen molar-refractivity contribution in [2.75, 3.05) is 26.9 Å². The molecule has 0 fully saturated rings. The molecule has 19 heavy (non-hydrogen) atoms. The number of hydrogen-bond donors (Lipinski definition) is 2. The monoisotopic (exact) mass is 275 g/mol. The van der Waals surface area contributed by atoms with Crippen LogP contribution in [0.2, 0.25) is 0 Å². The van der Waals surface area contributed by atoms with E-state index in [1.54, 1.807) is 7.11 Å². The van der Waals surface area contributed by atoms with Gasteiger partial charge in [-0.1, -0.05) is 52.4 Å². The van der Waals surface area contributed by atoms with Gasteiger partial charge in [0.25, 0.3) is 0 Å². The van der Waals surface area contributed by atoms with Crippen molar-refractivity contribution in [1.29, 1.82) is 0 Å². The highest BCUT2D eigenvalue weighted by atomic mass is 16.6. The summed E-state index contributed by atoms with van der Waals surface area (Å²) >= 11 is 0. The van der Waals surface area contributed by atoms with E-state index in [4.69, 9.17) is 14.7 Å². The lowest BCUT2D eigenvalue weighted by molar-refractivity contribution is -0.00317. The smallest absolute Gasteiger partial charge is 0.0786 e. The largest absolute Gasteiger partial charge is 0.395 e. The molecular weight excluding hydrogens is 242 g/mol. The number of aliphatic hydroxyl groups excluding tert-OH is 1. The van der Waals surface area contributed by atoms with E-state index in [0.717, 1.165) is 18.9 Å². The van der Waals surface area contributed by atoms with Gasteiger partial charge in [0.2, 0.25) is 0 Å². The zero-order valence-corrected chi connectivity index (χ0v) is 13.0. The van der Waals surface area contributed by atoms with Crippen molar-refractivity contribution < 1.29 is 14.7 Å². The van der Waals surface area contributed by atoms with Gasteiger partial charge in [0, 0.05) is 6.61 Å². The normalized spacial score (nSPS) is 14.5. The van der Waals surface area contributed by atoms with E-state index in [0.29, 0.717) is 6.61 Å². The minimum Gasteiger partial charge on any atom is -0.395 e. The Morgan fingerprint density at radius 1 is 1.11 bits per heavy atom. The summed E-state index contributed by atoms with van der Waals surface area (Å²) in [5, 5.41) is 9.03. The number of hydroxylamine groups is 1. The first-order valence-corrected chi connectivity index (χ1v) is 7.71. The topological polar surface area (TPSA) is 50.7 Å². The van der Waals surface area contributed by atoms with Gasteiger partial charge in [0.1, 0.15) is 0 Å². The van der Waals surface area contributed by atoms with Gasteiger partial charge >= 0.3 is 0 Å².